The highest BCUT2D eigenvalue weighted by atomic mass is 19.1. The van der Waals surface area contributed by atoms with E-state index in [1.807, 2.05) is 22.9 Å². The van der Waals surface area contributed by atoms with Crippen LogP contribution in [-0.2, 0) is 6.42 Å². The van der Waals surface area contributed by atoms with Crippen LogP contribution in [0.5, 0.6) is 0 Å². The molecular formula is C30H39FN8. The van der Waals surface area contributed by atoms with Crippen LogP contribution < -0.4 is 20.9 Å². The number of aromatic nitrogens is 3. The number of piperidine rings is 1. The second-order valence-corrected chi connectivity index (χ2v) is 11.3. The summed E-state index contributed by atoms with van der Waals surface area (Å²) in [5.41, 5.74) is 13.3. The van der Waals surface area contributed by atoms with Gasteiger partial charge in [0, 0.05) is 68.8 Å². The van der Waals surface area contributed by atoms with Gasteiger partial charge in [-0.2, -0.15) is 14.0 Å². The van der Waals surface area contributed by atoms with E-state index in [9.17, 15) is 0 Å². The molecule has 0 aliphatic carbocycles. The van der Waals surface area contributed by atoms with Crippen molar-refractivity contribution in [3.05, 3.63) is 71.3 Å². The number of benzene rings is 1. The Bertz CT molecular complexity index is 1420. The monoisotopic (exact) mass is 530 g/mol. The van der Waals surface area contributed by atoms with Crippen molar-refractivity contribution < 1.29 is 4.39 Å². The average Bonchev–Trinajstić information content (AvgIpc) is 3.32. The van der Waals surface area contributed by atoms with Gasteiger partial charge in [-0.15, -0.1) is 0 Å². The van der Waals surface area contributed by atoms with Gasteiger partial charge in [0.05, 0.1) is 11.7 Å². The lowest BCUT2D eigenvalue weighted by Crippen LogP contribution is -2.56. The van der Waals surface area contributed by atoms with E-state index in [-0.39, 0.29) is 17.9 Å². The predicted octanol–water partition coefficient (Wildman–Crippen LogP) is 4.01. The molecule has 6 rings (SSSR count). The SMILES string of the molecule is C=C1CCc2ccc(C)cc2C(=C)N2CCCCC2c2cc3nc(N4CC(N)C4)c(F)c(n3n2)N(C)CCN1. The quantitative estimate of drug-likeness (QED) is 0.492. The summed E-state index contributed by atoms with van der Waals surface area (Å²) in [6.45, 7) is 14.3. The third kappa shape index (κ3) is 4.73. The fraction of sp³-hybridized carbons (Fsp3) is 0.467. The topological polar surface area (TPSA) is 78.0 Å². The molecule has 3 aliphatic rings. The lowest BCUT2D eigenvalue weighted by molar-refractivity contribution is 0.226. The van der Waals surface area contributed by atoms with Gasteiger partial charge in [0.25, 0.3) is 0 Å². The number of rotatable bonds is 1. The van der Waals surface area contributed by atoms with Crippen LogP contribution in [0, 0.1) is 12.7 Å². The number of aryl methyl sites for hydroxylation is 2. The zero-order chi connectivity index (χ0) is 27.3. The Kier molecular flexibility index (Phi) is 6.71. The Balaban J connectivity index is 1.49. The van der Waals surface area contributed by atoms with E-state index in [4.69, 9.17) is 15.8 Å². The van der Waals surface area contributed by atoms with Crippen LogP contribution in [0.1, 0.15) is 54.1 Å². The molecule has 0 saturated carbocycles. The number of nitrogens with one attached hydrogen (secondary N) is 1. The summed E-state index contributed by atoms with van der Waals surface area (Å²) >= 11 is 0. The van der Waals surface area contributed by atoms with Gasteiger partial charge >= 0.3 is 0 Å². The first-order valence-electron chi connectivity index (χ1n) is 14.1. The minimum atomic E-state index is -0.360. The standard InChI is InChI=1S/C30H39FN8/c1-19-8-10-22-11-9-20(2)33-12-14-36(4)30-28(31)29(37-17-23(32)18-37)34-27-16-25(35-39(27)30)26-7-5-6-13-38(26)21(3)24(22)15-19/h8,10,15-16,23,26,33H,2-3,5-7,9,11-14,17-18,32H2,1,4H3. The predicted molar refractivity (Wildman–Crippen MR) is 155 cm³/mol. The van der Waals surface area contributed by atoms with Crippen molar-refractivity contribution in [2.75, 3.05) is 49.6 Å². The van der Waals surface area contributed by atoms with Gasteiger partial charge in [0.15, 0.2) is 17.3 Å². The van der Waals surface area contributed by atoms with Crippen molar-refractivity contribution in [1.82, 2.24) is 24.8 Å². The second-order valence-electron chi connectivity index (χ2n) is 11.3. The zero-order valence-electron chi connectivity index (χ0n) is 23.1. The number of hydrogen-bond donors (Lipinski definition) is 2. The number of nitrogens with zero attached hydrogens (tertiary/aromatic N) is 6. The van der Waals surface area contributed by atoms with Gasteiger partial charge in [-0.3, -0.25) is 0 Å². The van der Waals surface area contributed by atoms with Gasteiger partial charge in [-0.25, -0.2) is 4.98 Å². The molecule has 2 fully saturated rings. The summed E-state index contributed by atoms with van der Waals surface area (Å²) < 4.78 is 17.8. The molecule has 2 aromatic heterocycles. The molecular weight excluding hydrogens is 491 g/mol. The van der Waals surface area contributed by atoms with Crippen molar-refractivity contribution in [2.24, 2.45) is 5.73 Å². The molecule has 3 aromatic rings. The number of hydrogen-bond acceptors (Lipinski definition) is 7. The molecule has 1 unspecified atom stereocenters. The molecule has 1 atom stereocenters. The first-order valence-corrected chi connectivity index (χ1v) is 14.1. The molecule has 39 heavy (non-hydrogen) atoms. The molecule has 0 spiro atoms. The van der Waals surface area contributed by atoms with E-state index < -0.39 is 0 Å². The molecule has 0 amide bonds. The van der Waals surface area contributed by atoms with Crippen LogP contribution in [0.15, 0.2) is 43.1 Å². The highest BCUT2D eigenvalue weighted by Crippen LogP contribution is 2.39. The zero-order valence-corrected chi connectivity index (χ0v) is 23.1. The first kappa shape index (κ1) is 25.7. The molecule has 206 valence electrons. The number of likely N-dealkylation sites (N-methyl/N-ethyl adjacent to an activating group) is 1. The second kappa shape index (κ2) is 10.2. The third-order valence-electron chi connectivity index (χ3n) is 8.38. The molecule has 3 N–H and O–H groups in total. The maximum Gasteiger partial charge on any atom is 0.208 e. The van der Waals surface area contributed by atoms with E-state index in [1.54, 1.807) is 4.52 Å². The van der Waals surface area contributed by atoms with Crippen LogP contribution >= 0.6 is 0 Å². The Hall–Kier alpha value is -3.59. The summed E-state index contributed by atoms with van der Waals surface area (Å²) in [6.07, 6.45) is 4.88. The van der Waals surface area contributed by atoms with Crippen LogP contribution in [-0.4, -0.2) is 65.3 Å². The number of fused-ring (bicyclic) bond motifs is 4. The minimum absolute atomic E-state index is 0.0436. The molecule has 5 heterocycles. The van der Waals surface area contributed by atoms with Crippen LogP contribution in [0.25, 0.3) is 11.3 Å². The van der Waals surface area contributed by atoms with Gasteiger partial charge in [-0.1, -0.05) is 30.9 Å². The highest BCUT2D eigenvalue weighted by Gasteiger charge is 2.33. The van der Waals surface area contributed by atoms with Gasteiger partial charge in [0.1, 0.15) is 0 Å². The van der Waals surface area contributed by atoms with E-state index in [0.717, 1.165) is 55.7 Å². The van der Waals surface area contributed by atoms with E-state index in [2.05, 4.69) is 48.5 Å². The maximum absolute atomic E-state index is 16.1. The maximum atomic E-state index is 16.1. The van der Waals surface area contributed by atoms with Crippen LogP contribution in [0.4, 0.5) is 16.0 Å². The summed E-state index contributed by atoms with van der Waals surface area (Å²) in [7, 11) is 1.91. The molecule has 2 bridgehead atoms. The van der Waals surface area contributed by atoms with Crippen LogP contribution in [0.3, 0.4) is 0 Å². The van der Waals surface area contributed by atoms with Gasteiger partial charge < -0.3 is 25.8 Å². The fourth-order valence-corrected chi connectivity index (χ4v) is 6.14. The number of allylic oxidation sites excluding steroid dienone is 1. The summed E-state index contributed by atoms with van der Waals surface area (Å²) in [5.74, 6) is 0.409. The minimum Gasteiger partial charge on any atom is -0.387 e. The number of nitrogens with two attached hydrogens (primary N) is 1. The first-order chi connectivity index (χ1) is 18.8. The van der Waals surface area contributed by atoms with Crippen molar-refractivity contribution >= 4 is 23.0 Å². The summed E-state index contributed by atoms with van der Waals surface area (Å²) in [6, 6.07) is 8.78. The van der Waals surface area contributed by atoms with Gasteiger partial charge in [-0.05, 0) is 50.7 Å². The average molecular weight is 531 g/mol. The Morgan fingerprint density at radius 2 is 1.92 bits per heavy atom. The molecule has 0 radical (unpaired) electrons. The van der Waals surface area contributed by atoms with Crippen molar-refractivity contribution in [3.8, 4) is 0 Å². The fourth-order valence-electron chi connectivity index (χ4n) is 6.14. The Morgan fingerprint density at radius 1 is 1.10 bits per heavy atom. The van der Waals surface area contributed by atoms with E-state index in [1.165, 1.54) is 16.7 Å². The number of halogens is 1. The van der Waals surface area contributed by atoms with Crippen LogP contribution in [0.2, 0.25) is 0 Å². The number of anilines is 2. The smallest absolute Gasteiger partial charge is 0.208 e. The van der Waals surface area contributed by atoms with E-state index in [0.29, 0.717) is 43.5 Å². The van der Waals surface area contributed by atoms with E-state index >= 15 is 4.39 Å². The van der Waals surface area contributed by atoms with Crippen molar-refractivity contribution in [1.29, 1.82) is 0 Å². The normalized spacial score (nSPS) is 21.1. The summed E-state index contributed by atoms with van der Waals surface area (Å²) in [5, 5.41) is 8.46. The molecule has 1 aromatic carbocycles. The highest BCUT2D eigenvalue weighted by molar-refractivity contribution is 5.67. The molecule has 3 aliphatic heterocycles. The third-order valence-corrected chi connectivity index (χ3v) is 8.38. The van der Waals surface area contributed by atoms with Gasteiger partial charge in [0.2, 0.25) is 5.82 Å². The Labute approximate surface area is 230 Å². The largest absolute Gasteiger partial charge is 0.387 e. The van der Waals surface area contributed by atoms with Crippen molar-refractivity contribution in [3.63, 3.8) is 0 Å². The Morgan fingerprint density at radius 3 is 2.72 bits per heavy atom. The lowest BCUT2D eigenvalue weighted by atomic mass is 9.93. The lowest BCUT2D eigenvalue weighted by Gasteiger charge is -2.38. The van der Waals surface area contributed by atoms with Crippen molar-refractivity contribution in [2.45, 2.75) is 51.1 Å². The molecule has 9 heteroatoms. The molecule has 8 nitrogen and oxygen atoms in total. The molecule has 2 saturated heterocycles. The summed E-state index contributed by atoms with van der Waals surface area (Å²) in [4.78, 5) is 11.0.